The molecule has 3 heterocycles. The van der Waals surface area contributed by atoms with Crippen LogP contribution >= 0.6 is 34.4 Å². The summed E-state index contributed by atoms with van der Waals surface area (Å²) in [6, 6.07) is 14.0. The van der Waals surface area contributed by atoms with Crippen molar-refractivity contribution in [1.82, 2.24) is 20.3 Å². The molecule has 10 heteroatoms. The molecule has 0 atom stereocenters. The summed E-state index contributed by atoms with van der Waals surface area (Å²) in [6.07, 6.45) is 0.608. The summed E-state index contributed by atoms with van der Waals surface area (Å²) in [7, 11) is 0. The zero-order valence-corrected chi connectivity index (χ0v) is 17.0. The lowest BCUT2D eigenvalue weighted by atomic mass is 10.2. The maximum atomic E-state index is 12.1. The van der Waals surface area contributed by atoms with Gasteiger partial charge >= 0.3 is 0 Å². The van der Waals surface area contributed by atoms with Crippen LogP contribution in [0.25, 0.3) is 10.7 Å². The van der Waals surface area contributed by atoms with E-state index in [2.05, 4.69) is 37.8 Å². The average Bonchev–Trinajstić information content (AvgIpc) is 3.47. The lowest BCUT2D eigenvalue weighted by Gasteiger charge is -1.98. The van der Waals surface area contributed by atoms with E-state index >= 15 is 0 Å². The highest BCUT2D eigenvalue weighted by molar-refractivity contribution is 8.00. The molecule has 0 unspecified atom stereocenters. The zero-order valence-electron chi connectivity index (χ0n) is 14.6. The molecule has 0 bridgehead atoms. The number of carbonyl (C=O) groups is 1. The molecule has 0 aliphatic carbocycles. The number of nitrogens with zero attached hydrogens (tertiary/aromatic N) is 4. The highest BCUT2D eigenvalue weighted by atomic mass is 32.2. The van der Waals surface area contributed by atoms with Crippen molar-refractivity contribution in [1.29, 1.82) is 0 Å². The Morgan fingerprint density at radius 3 is 2.86 bits per heavy atom. The van der Waals surface area contributed by atoms with E-state index in [-0.39, 0.29) is 12.3 Å². The van der Waals surface area contributed by atoms with Crippen LogP contribution < -0.4 is 5.32 Å². The second-order valence-electron chi connectivity index (χ2n) is 5.68. The van der Waals surface area contributed by atoms with Crippen molar-refractivity contribution in [2.45, 2.75) is 22.9 Å². The van der Waals surface area contributed by atoms with E-state index in [1.165, 1.54) is 16.9 Å². The predicted molar refractivity (Wildman–Crippen MR) is 110 cm³/mol. The molecule has 0 fully saturated rings. The summed E-state index contributed by atoms with van der Waals surface area (Å²) in [5.41, 5.74) is 1.22. The van der Waals surface area contributed by atoms with Crippen LogP contribution in [-0.4, -0.2) is 26.2 Å². The Labute approximate surface area is 173 Å². The van der Waals surface area contributed by atoms with E-state index in [0.29, 0.717) is 23.3 Å². The summed E-state index contributed by atoms with van der Waals surface area (Å²) in [4.78, 5) is 17.4. The van der Waals surface area contributed by atoms with Crippen molar-refractivity contribution < 1.29 is 9.32 Å². The summed E-state index contributed by atoms with van der Waals surface area (Å²) >= 11 is 4.50. The Balaban J connectivity index is 1.24. The third-order valence-corrected chi connectivity index (χ3v) is 6.54. The minimum absolute atomic E-state index is 0.161. The molecule has 0 aliphatic heterocycles. The summed E-state index contributed by atoms with van der Waals surface area (Å²) in [5, 5.41) is 17.3. The zero-order chi connectivity index (χ0) is 19.2. The van der Waals surface area contributed by atoms with Crippen LogP contribution in [0, 0.1) is 0 Å². The van der Waals surface area contributed by atoms with Gasteiger partial charge in [-0.05, 0) is 17.0 Å². The van der Waals surface area contributed by atoms with Crippen molar-refractivity contribution in [2.24, 2.45) is 0 Å². The molecular formula is C18H15N5O2S3. The van der Waals surface area contributed by atoms with E-state index in [1.54, 1.807) is 23.1 Å². The monoisotopic (exact) mass is 429 g/mol. The highest BCUT2D eigenvalue weighted by Crippen LogP contribution is 2.28. The number of thioether (sulfide) groups is 1. The second kappa shape index (κ2) is 9.09. The number of nitrogens with one attached hydrogen (secondary N) is 1. The second-order valence-corrected chi connectivity index (χ2v) is 8.83. The fourth-order valence-corrected chi connectivity index (χ4v) is 4.68. The molecule has 0 saturated carbocycles. The van der Waals surface area contributed by atoms with Crippen molar-refractivity contribution in [3.05, 3.63) is 59.3 Å². The van der Waals surface area contributed by atoms with Gasteiger partial charge in [0.05, 0.1) is 4.88 Å². The Hall–Kier alpha value is -2.56. The van der Waals surface area contributed by atoms with Crippen LogP contribution in [0.2, 0.25) is 0 Å². The fraction of sp³-hybridized carbons (Fsp3) is 0.167. The van der Waals surface area contributed by atoms with Crippen molar-refractivity contribution in [2.75, 3.05) is 5.32 Å². The molecule has 1 N–H and O–H groups in total. The number of aromatic nitrogens is 4. The van der Waals surface area contributed by atoms with E-state index in [4.69, 9.17) is 4.52 Å². The summed E-state index contributed by atoms with van der Waals surface area (Å²) in [6.45, 7) is 0. The molecule has 1 aromatic carbocycles. The van der Waals surface area contributed by atoms with E-state index < -0.39 is 0 Å². The number of thiophene rings is 1. The molecule has 0 saturated heterocycles. The van der Waals surface area contributed by atoms with Crippen LogP contribution in [0.15, 0.2) is 56.7 Å². The number of carbonyl (C=O) groups excluding carboxylic acids is 1. The number of hydrogen-bond acceptors (Lipinski definition) is 9. The molecule has 4 rings (SSSR count). The third-order valence-electron chi connectivity index (χ3n) is 3.63. The number of hydrogen-bond donors (Lipinski definition) is 1. The van der Waals surface area contributed by atoms with Crippen molar-refractivity contribution >= 4 is 45.5 Å². The quantitative estimate of drug-likeness (QED) is 0.325. The minimum Gasteiger partial charge on any atom is -0.339 e. The topological polar surface area (TPSA) is 93.8 Å². The smallest absolute Gasteiger partial charge is 0.227 e. The Morgan fingerprint density at radius 2 is 2.04 bits per heavy atom. The highest BCUT2D eigenvalue weighted by Gasteiger charge is 2.13. The Bertz CT molecular complexity index is 1030. The Morgan fingerprint density at radius 1 is 1.14 bits per heavy atom. The molecule has 0 spiro atoms. The predicted octanol–water partition coefficient (Wildman–Crippen LogP) is 4.51. The van der Waals surface area contributed by atoms with Crippen LogP contribution in [0.5, 0.6) is 0 Å². The molecule has 4 aromatic rings. The maximum Gasteiger partial charge on any atom is 0.227 e. The maximum absolute atomic E-state index is 12.1. The van der Waals surface area contributed by atoms with E-state index in [9.17, 15) is 4.79 Å². The molecule has 0 aliphatic rings. The van der Waals surface area contributed by atoms with E-state index in [0.717, 1.165) is 15.0 Å². The normalized spacial score (nSPS) is 10.9. The lowest BCUT2D eigenvalue weighted by molar-refractivity contribution is -0.116. The molecule has 1 amide bonds. The van der Waals surface area contributed by atoms with Gasteiger partial charge in [-0.25, -0.2) is 0 Å². The van der Waals surface area contributed by atoms with Gasteiger partial charge in [-0.2, -0.15) is 4.98 Å². The molecule has 28 heavy (non-hydrogen) atoms. The molecule has 142 valence electrons. The fourth-order valence-electron chi connectivity index (χ4n) is 2.30. The number of benzene rings is 1. The minimum atomic E-state index is -0.161. The molecular weight excluding hydrogens is 414 g/mol. The first kappa shape index (κ1) is 18.8. The first-order valence-electron chi connectivity index (χ1n) is 8.43. The van der Waals surface area contributed by atoms with Gasteiger partial charge in [-0.3, -0.25) is 4.79 Å². The number of anilines is 1. The Kier molecular flexibility index (Phi) is 6.10. The molecule has 7 nitrogen and oxygen atoms in total. The van der Waals surface area contributed by atoms with Crippen molar-refractivity contribution in [3.8, 4) is 10.7 Å². The van der Waals surface area contributed by atoms with Gasteiger partial charge in [0, 0.05) is 18.6 Å². The van der Waals surface area contributed by atoms with Gasteiger partial charge in [0.2, 0.25) is 22.8 Å². The third kappa shape index (κ3) is 5.03. The number of aryl methyl sites for hydroxylation is 1. The van der Waals surface area contributed by atoms with Crippen LogP contribution in [0.4, 0.5) is 5.13 Å². The largest absolute Gasteiger partial charge is 0.339 e. The van der Waals surface area contributed by atoms with Crippen LogP contribution in [0.1, 0.15) is 17.9 Å². The van der Waals surface area contributed by atoms with Gasteiger partial charge in [0.25, 0.3) is 0 Å². The molecule has 3 aromatic heterocycles. The standard InChI is InChI=1S/C18H15N5O2S3/c24-14(8-9-15-20-16(23-25-15)13-7-4-10-26-13)19-17-21-22-18(28-17)27-11-12-5-2-1-3-6-12/h1-7,10H,8-9,11H2,(H,19,21,24). The first-order chi connectivity index (χ1) is 13.8. The number of amides is 1. The molecule has 0 radical (unpaired) electrons. The number of rotatable bonds is 8. The van der Waals surface area contributed by atoms with E-state index in [1.807, 2.05) is 35.7 Å². The summed E-state index contributed by atoms with van der Waals surface area (Å²) in [5.74, 6) is 1.64. The first-order valence-corrected chi connectivity index (χ1v) is 11.1. The average molecular weight is 430 g/mol. The summed E-state index contributed by atoms with van der Waals surface area (Å²) < 4.78 is 6.02. The lowest BCUT2D eigenvalue weighted by Crippen LogP contribution is -2.12. The van der Waals surface area contributed by atoms with Gasteiger partial charge < -0.3 is 9.84 Å². The SMILES string of the molecule is O=C(CCc1nc(-c2cccs2)no1)Nc1nnc(SCc2ccccc2)s1. The van der Waals surface area contributed by atoms with Gasteiger partial charge in [-0.15, -0.1) is 21.5 Å². The van der Waals surface area contributed by atoms with Crippen LogP contribution in [0.3, 0.4) is 0 Å². The van der Waals surface area contributed by atoms with Gasteiger partial charge in [-0.1, -0.05) is 64.7 Å². The van der Waals surface area contributed by atoms with Crippen LogP contribution in [-0.2, 0) is 17.0 Å². The van der Waals surface area contributed by atoms with Gasteiger partial charge in [0.1, 0.15) is 0 Å². The van der Waals surface area contributed by atoms with Crippen molar-refractivity contribution in [3.63, 3.8) is 0 Å². The van der Waals surface area contributed by atoms with Gasteiger partial charge in [0.15, 0.2) is 4.34 Å².